The summed E-state index contributed by atoms with van der Waals surface area (Å²) in [4.78, 5) is 12.1. The molecule has 0 heterocycles. The third-order valence-electron chi connectivity index (χ3n) is 3.89. The number of aryl methyl sites for hydroxylation is 1. The fraction of sp³-hybridized carbons (Fsp3) is 0.533. The van der Waals surface area contributed by atoms with Crippen LogP contribution in [0.1, 0.15) is 48.5 Å². The van der Waals surface area contributed by atoms with Crippen LogP contribution in [0.15, 0.2) is 22.7 Å². The lowest BCUT2D eigenvalue weighted by Crippen LogP contribution is -2.37. The molecule has 1 aliphatic carbocycles. The molecule has 0 radical (unpaired) electrons. The van der Waals surface area contributed by atoms with Crippen molar-refractivity contribution in [1.82, 2.24) is 5.32 Å². The van der Waals surface area contributed by atoms with Crippen LogP contribution in [0.5, 0.6) is 0 Å². The maximum absolute atomic E-state index is 12.1. The number of hydrogen-bond acceptors (Lipinski definition) is 1. The monoisotopic (exact) mass is 309 g/mol. The van der Waals surface area contributed by atoms with E-state index in [1.807, 2.05) is 25.1 Å². The number of carbonyl (C=O) groups excluding carboxylic acids is 1. The zero-order valence-electron chi connectivity index (χ0n) is 11.0. The number of rotatable bonds is 3. The fourth-order valence-corrected chi connectivity index (χ4v) is 2.90. The molecule has 1 atom stereocenters. The largest absolute Gasteiger partial charge is 0.349 e. The number of hydrogen-bond donors (Lipinski definition) is 1. The number of benzene rings is 1. The van der Waals surface area contributed by atoms with Gasteiger partial charge >= 0.3 is 0 Å². The minimum Gasteiger partial charge on any atom is -0.349 e. The Kier molecular flexibility index (Phi) is 4.44. The predicted octanol–water partition coefficient (Wildman–Crippen LogP) is 4.07. The second-order valence-corrected chi connectivity index (χ2v) is 6.12. The first kappa shape index (κ1) is 13.6. The van der Waals surface area contributed by atoms with Crippen LogP contribution in [0, 0.1) is 12.8 Å². The van der Waals surface area contributed by atoms with Crippen molar-refractivity contribution in [2.45, 2.75) is 45.6 Å². The van der Waals surface area contributed by atoms with E-state index in [1.165, 1.54) is 25.7 Å². The van der Waals surface area contributed by atoms with E-state index in [-0.39, 0.29) is 11.9 Å². The van der Waals surface area contributed by atoms with Crippen molar-refractivity contribution in [2.75, 3.05) is 0 Å². The molecule has 0 aliphatic heterocycles. The van der Waals surface area contributed by atoms with Gasteiger partial charge in [0.05, 0.1) is 0 Å². The van der Waals surface area contributed by atoms with Gasteiger partial charge in [0.15, 0.2) is 0 Å². The van der Waals surface area contributed by atoms with Crippen molar-refractivity contribution >= 4 is 21.8 Å². The first-order chi connectivity index (χ1) is 8.58. The summed E-state index contributed by atoms with van der Waals surface area (Å²) in [5.74, 6) is 0.704. The molecule has 1 saturated carbocycles. The van der Waals surface area contributed by atoms with E-state index in [2.05, 4.69) is 28.2 Å². The highest BCUT2D eigenvalue weighted by Crippen LogP contribution is 2.27. The topological polar surface area (TPSA) is 29.1 Å². The standard InChI is InChI=1S/C15H20BrNO/c1-10-9-13(7-8-14(10)16)15(18)17-11(2)12-5-3-4-6-12/h7-9,11-12H,3-6H2,1-2H3,(H,17,18). The van der Waals surface area contributed by atoms with E-state index in [0.29, 0.717) is 5.92 Å². The molecule has 1 amide bonds. The average molecular weight is 310 g/mol. The van der Waals surface area contributed by atoms with Gasteiger partial charge in [-0.25, -0.2) is 0 Å². The number of halogens is 1. The Balaban J connectivity index is 2.00. The van der Waals surface area contributed by atoms with E-state index >= 15 is 0 Å². The van der Waals surface area contributed by atoms with Gasteiger partial charge in [0.2, 0.25) is 0 Å². The lowest BCUT2D eigenvalue weighted by Gasteiger charge is -2.20. The fourth-order valence-electron chi connectivity index (χ4n) is 2.65. The first-order valence-corrected chi connectivity index (χ1v) is 7.44. The highest BCUT2D eigenvalue weighted by molar-refractivity contribution is 9.10. The van der Waals surface area contributed by atoms with E-state index in [1.54, 1.807) is 0 Å². The summed E-state index contributed by atoms with van der Waals surface area (Å²) in [6.45, 7) is 4.13. The molecule has 18 heavy (non-hydrogen) atoms. The molecule has 1 aliphatic rings. The van der Waals surface area contributed by atoms with Gasteiger partial charge in [-0.1, -0.05) is 28.8 Å². The Labute approximate surface area is 117 Å². The van der Waals surface area contributed by atoms with E-state index in [4.69, 9.17) is 0 Å². The van der Waals surface area contributed by atoms with Gasteiger partial charge in [0.1, 0.15) is 0 Å². The van der Waals surface area contributed by atoms with Gasteiger partial charge < -0.3 is 5.32 Å². The lowest BCUT2D eigenvalue weighted by molar-refractivity contribution is 0.0927. The van der Waals surface area contributed by atoms with E-state index in [0.717, 1.165) is 15.6 Å². The molecule has 98 valence electrons. The van der Waals surface area contributed by atoms with Gasteiger partial charge in [-0.2, -0.15) is 0 Å². The van der Waals surface area contributed by atoms with E-state index < -0.39 is 0 Å². The molecule has 2 rings (SSSR count). The van der Waals surface area contributed by atoms with Crippen LogP contribution < -0.4 is 5.32 Å². The minimum atomic E-state index is 0.0463. The Morgan fingerprint density at radius 2 is 2.06 bits per heavy atom. The molecule has 0 aromatic heterocycles. The molecular formula is C15H20BrNO. The third kappa shape index (κ3) is 3.14. The number of carbonyl (C=O) groups is 1. The molecule has 0 spiro atoms. The average Bonchev–Trinajstić information content (AvgIpc) is 2.86. The van der Waals surface area contributed by atoms with Gasteiger partial charge in [0.25, 0.3) is 5.91 Å². The van der Waals surface area contributed by atoms with Crippen LogP contribution in [0.3, 0.4) is 0 Å². The number of amides is 1. The van der Waals surface area contributed by atoms with Crippen LogP contribution in [-0.4, -0.2) is 11.9 Å². The summed E-state index contributed by atoms with van der Waals surface area (Å²) < 4.78 is 1.04. The molecule has 3 heteroatoms. The second kappa shape index (κ2) is 5.87. The molecule has 1 fully saturated rings. The summed E-state index contributed by atoms with van der Waals surface area (Å²) in [6.07, 6.45) is 5.12. The van der Waals surface area contributed by atoms with Crippen molar-refractivity contribution in [1.29, 1.82) is 0 Å². The highest BCUT2D eigenvalue weighted by Gasteiger charge is 2.23. The normalized spacial score (nSPS) is 17.7. The van der Waals surface area contributed by atoms with Gasteiger partial charge in [-0.05, 0) is 56.4 Å². The Hall–Kier alpha value is -0.830. The Bertz CT molecular complexity index is 438. The van der Waals surface area contributed by atoms with Crippen molar-refractivity contribution < 1.29 is 4.79 Å². The van der Waals surface area contributed by atoms with Crippen LogP contribution in [-0.2, 0) is 0 Å². The zero-order chi connectivity index (χ0) is 13.1. The van der Waals surface area contributed by atoms with Crippen molar-refractivity contribution in [2.24, 2.45) is 5.92 Å². The Morgan fingerprint density at radius 3 is 2.67 bits per heavy atom. The van der Waals surface area contributed by atoms with Crippen molar-refractivity contribution in [3.05, 3.63) is 33.8 Å². The summed E-state index contributed by atoms with van der Waals surface area (Å²) in [5, 5.41) is 3.13. The molecular weight excluding hydrogens is 290 g/mol. The predicted molar refractivity (Wildman–Crippen MR) is 77.8 cm³/mol. The summed E-state index contributed by atoms with van der Waals surface area (Å²) >= 11 is 3.45. The SMILES string of the molecule is Cc1cc(C(=O)NC(C)C2CCCC2)ccc1Br. The second-order valence-electron chi connectivity index (χ2n) is 5.27. The Morgan fingerprint density at radius 1 is 1.39 bits per heavy atom. The van der Waals surface area contributed by atoms with Gasteiger partial charge in [-0.15, -0.1) is 0 Å². The quantitative estimate of drug-likeness (QED) is 0.896. The first-order valence-electron chi connectivity index (χ1n) is 6.65. The van der Waals surface area contributed by atoms with Gasteiger partial charge in [-0.3, -0.25) is 4.79 Å². The van der Waals surface area contributed by atoms with Crippen molar-refractivity contribution in [3.8, 4) is 0 Å². The molecule has 2 nitrogen and oxygen atoms in total. The summed E-state index contributed by atoms with van der Waals surface area (Å²) in [5.41, 5.74) is 1.84. The van der Waals surface area contributed by atoms with Gasteiger partial charge in [0, 0.05) is 16.1 Å². The minimum absolute atomic E-state index is 0.0463. The lowest BCUT2D eigenvalue weighted by atomic mass is 9.99. The summed E-state index contributed by atoms with van der Waals surface area (Å²) in [7, 11) is 0. The molecule has 0 saturated heterocycles. The van der Waals surface area contributed by atoms with Crippen LogP contribution in [0.4, 0.5) is 0 Å². The molecule has 1 aromatic rings. The smallest absolute Gasteiger partial charge is 0.251 e. The zero-order valence-corrected chi connectivity index (χ0v) is 12.6. The molecule has 0 bridgehead atoms. The van der Waals surface area contributed by atoms with Crippen LogP contribution in [0.2, 0.25) is 0 Å². The third-order valence-corrected chi connectivity index (χ3v) is 4.78. The van der Waals surface area contributed by atoms with Crippen LogP contribution in [0.25, 0.3) is 0 Å². The van der Waals surface area contributed by atoms with E-state index in [9.17, 15) is 4.79 Å². The summed E-state index contributed by atoms with van der Waals surface area (Å²) in [6, 6.07) is 6.02. The van der Waals surface area contributed by atoms with Crippen LogP contribution >= 0.6 is 15.9 Å². The maximum atomic E-state index is 12.1. The number of nitrogens with one attached hydrogen (secondary N) is 1. The maximum Gasteiger partial charge on any atom is 0.251 e. The molecule has 1 unspecified atom stereocenters. The van der Waals surface area contributed by atoms with Crippen molar-refractivity contribution in [3.63, 3.8) is 0 Å². The highest BCUT2D eigenvalue weighted by atomic mass is 79.9. The molecule has 1 N–H and O–H groups in total. The molecule has 1 aromatic carbocycles.